The van der Waals surface area contributed by atoms with Crippen molar-refractivity contribution in [2.24, 2.45) is 0 Å². The molecule has 1 amide bonds. The molecule has 1 aliphatic heterocycles. The molecule has 0 aliphatic carbocycles. The van der Waals surface area contributed by atoms with Crippen LogP contribution in [0.2, 0.25) is 0 Å². The van der Waals surface area contributed by atoms with Crippen LogP contribution in [-0.2, 0) is 6.54 Å². The van der Waals surface area contributed by atoms with Gasteiger partial charge in [0.05, 0.1) is 18.8 Å². The van der Waals surface area contributed by atoms with Gasteiger partial charge in [-0.2, -0.15) is 5.10 Å². The lowest BCUT2D eigenvalue weighted by molar-refractivity contribution is 0.0717. The Morgan fingerprint density at radius 1 is 1.10 bits per heavy atom. The molecule has 0 radical (unpaired) electrons. The van der Waals surface area contributed by atoms with Crippen molar-refractivity contribution in [3.63, 3.8) is 0 Å². The zero-order chi connectivity index (χ0) is 21.5. The molecular formula is C25H23N3O3. The number of aromatic amines is 1. The van der Waals surface area contributed by atoms with Crippen molar-refractivity contribution in [1.82, 2.24) is 15.1 Å². The number of para-hydroxylation sites is 1. The fourth-order valence-corrected chi connectivity index (χ4v) is 4.22. The highest BCUT2D eigenvalue weighted by Crippen LogP contribution is 2.45. The highest BCUT2D eigenvalue weighted by Gasteiger charge is 2.42. The molecule has 0 saturated heterocycles. The Morgan fingerprint density at radius 2 is 1.87 bits per heavy atom. The molecule has 0 bridgehead atoms. The maximum absolute atomic E-state index is 13.4. The van der Waals surface area contributed by atoms with Crippen LogP contribution in [0.5, 0.6) is 5.75 Å². The van der Waals surface area contributed by atoms with Crippen LogP contribution in [0, 0.1) is 0 Å². The molecule has 2 aromatic heterocycles. The number of fused-ring (bicyclic) bond motifs is 1. The van der Waals surface area contributed by atoms with E-state index < -0.39 is 0 Å². The van der Waals surface area contributed by atoms with Gasteiger partial charge in [0.15, 0.2) is 0 Å². The summed E-state index contributed by atoms with van der Waals surface area (Å²) in [5.74, 6) is 1.11. The molecule has 31 heavy (non-hydrogen) atoms. The van der Waals surface area contributed by atoms with E-state index in [0.717, 1.165) is 11.1 Å². The smallest absolute Gasteiger partial charge is 0.273 e. The highest BCUT2D eigenvalue weighted by molar-refractivity contribution is 6.00. The number of rotatable bonds is 5. The number of nitrogens with zero attached hydrogens (tertiary/aromatic N) is 2. The molecule has 2 aromatic carbocycles. The van der Waals surface area contributed by atoms with Gasteiger partial charge in [-0.1, -0.05) is 50.2 Å². The van der Waals surface area contributed by atoms with E-state index in [9.17, 15) is 9.90 Å². The van der Waals surface area contributed by atoms with Gasteiger partial charge >= 0.3 is 0 Å². The molecule has 3 heterocycles. The van der Waals surface area contributed by atoms with Crippen molar-refractivity contribution in [1.29, 1.82) is 0 Å². The van der Waals surface area contributed by atoms with Crippen molar-refractivity contribution in [3.05, 3.63) is 95.1 Å². The van der Waals surface area contributed by atoms with E-state index >= 15 is 0 Å². The maximum atomic E-state index is 13.4. The van der Waals surface area contributed by atoms with E-state index in [-0.39, 0.29) is 17.7 Å². The number of carbonyl (C=O) groups is 1. The number of H-pyrrole nitrogens is 1. The molecular weight excluding hydrogens is 390 g/mol. The van der Waals surface area contributed by atoms with E-state index in [1.165, 1.54) is 5.56 Å². The summed E-state index contributed by atoms with van der Waals surface area (Å²) in [6.45, 7) is 4.65. The van der Waals surface area contributed by atoms with Gasteiger partial charge in [-0.05, 0) is 41.3 Å². The van der Waals surface area contributed by atoms with E-state index in [2.05, 4.69) is 48.3 Å². The maximum Gasteiger partial charge on any atom is 0.273 e. The van der Waals surface area contributed by atoms with Gasteiger partial charge < -0.3 is 14.4 Å². The highest BCUT2D eigenvalue weighted by atomic mass is 16.3. The molecule has 0 saturated carbocycles. The Morgan fingerprint density at radius 3 is 2.55 bits per heavy atom. The Kier molecular flexibility index (Phi) is 4.62. The number of nitrogens with one attached hydrogen (secondary N) is 1. The molecule has 1 aliphatic rings. The minimum Gasteiger partial charge on any atom is -0.507 e. The van der Waals surface area contributed by atoms with Crippen LogP contribution in [0.4, 0.5) is 0 Å². The van der Waals surface area contributed by atoms with Crippen molar-refractivity contribution in [3.8, 4) is 17.0 Å². The van der Waals surface area contributed by atoms with E-state index in [1.807, 2.05) is 24.3 Å². The van der Waals surface area contributed by atoms with E-state index in [0.29, 0.717) is 35.2 Å². The van der Waals surface area contributed by atoms with Gasteiger partial charge in [-0.3, -0.25) is 9.89 Å². The summed E-state index contributed by atoms with van der Waals surface area (Å²) in [5, 5.41) is 17.8. The molecule has 2 N–H and O–H groups in total. The summed E-state index contributed by atoms with van der Waals surface area (Å²) in [6, 6.07) is 18.7. The number of hydrogen-bond donors (Lipinski definition) is 2. The third-order valence-corrected chi connectivity index (χ3v) is 5.85. The van der Waals surface area contributed by atoms with Crippen LogP contribution < -0.4 is 0 Å². The Balaban J connectivity index is 1.66. The molecule has 0 spiro atoms. The van der Waals surface area contributed by atoms with Gasteiger partial charge in [0.25, 0.3) is 5.91 Å². The molecule has 156 valence electrons. The second-order valence-corrected chi connectivity index (χ2v) is 8.11. The lowest BCUT2D eigenvalue weighted by Crippen LogP contribution is -2.29. The van der Waals surface area contributed by atoms with E-state index in [1.54, 1.807) is 23.3 Å². The average molecular weight is 413 g/mol. The number of aromatic nitrogens is 2. The standard InChI is InChI=1S/C25H23N3O3/c1-15(2)16-9-11-17(12-10-16)24-21-22(19-7-3-4-8-20(19)29)26-27-23(21)25(30)28(24)14-18-6-5-13-31-18/h3-13,15,24,29H,14H2,1-2H3,(H,26,27)/t24-/m0/s1. The first-order valence-electron chi connectivity index (χ1n) is 10.3. The lowest BCUT2D eigenvalue weighted by Gasteiger charge is -2.26. The van der Waals surface area contributed by atoms with Crippen molar-refractivity contribution in [2.45, 2.75) is 32.4 Å². The number of furan rings is 1. The number of phenolic OH excluding ortho intramolecular Hbond substituents is 1. The summed E-state index contributed by atoms with van der Waals surface area (Å²) in [5.41, 5.74) is 4.62. The first-order chi connectivity index (χ1) is 15.0. The molecule has 1 atom stereocenters. The second kappa shape index (κ2) is 7.47. The zero-order valence-electron chi connectivity index (χ0n) is 17.4. The van der Waals surface area contributed by atoms with Gasteiger partial charge in [0.1, 0.15) is 22.9 Å². The predicted molar refractivity (Wildman–Crippen MR) is 117 cm³/mol. The third kappa shape index (κ3) is 3.20. The Labute approximate surface area is 180 Å². The molecule has 4 aromatic rings. The number of phenols is 1. The minimum atomic E-state index is -0.345. The topological polar surface area (TPSA) is 82.4 Å². The zero-order valence-corrected chi connectivity index (χ0v) is 17.4. The molecule has 6 heteroatoms. The number of benzene rings is 2. The summed E-state index contributed by atoms with van der Waals surface area (Å²) >= 11 is 0. The van der Waals surface area contributed by atoms with Gasteiger partial charge in [-0.25, -0.2) is 0 Å². The quantitative estimate of drug-likeness (QED) is 0.468. The Bertz CT molecular complexity index is 1220. The molecule has 6 nitrogen and oxygen atoms in total. The van der Waals surface area contributed by atoms with Gasteiger partial charge in [0, 0.05) is 11.1 Å². The lowest BCUT2D eigenvalue weighted by atomic mass is 9.93. The van der Waals surface area contributed by atoms with Crippen LogP contribution in [-0.4, -0.2) is 26.1 Å². The predicted octanol–water partition coefficient (Wildman–Crippen LogP) is 5.24. The summed E-state index contributed by atoms with van der Waals surface area (Å²) in [6.07, 6.45) is 1.61. The van der Waals surface area contributed by atoms with Crippen molar-refractivity contribution < 1.29 is 14.3 Å². The van der Waals surface area contributed by atoms with Crippen molar-refractivity contribution >= 4 is 5.91 Å². The van der Waals surface area contributed by atoms with Crippen LogP contribution in [0.1, 0.15) is 58.7 Å². The average Bonchev–Trinajstić information content (AvgIpc) is 3.49. The number of aromatic hydroxyl groups is 1. The number of carbonyl (C=O) groups excluding carboxylic acids is 1. The first-order valence-corrected chi connectivity index (χ1v) is 10.3. The Hall–Kier alpha value is -3.80. The molecule has 0 fully saturated rings. The van der Waals surface area contributed by atoms with Crippen LogP contribution in [0.3, 0.4) is 0 Å². The van der Waals surface area contributed by atoms with Crippen molar-refractivity contribution in [2.75, 3.05) is 0 Å². The number of hydrogen-bond acceptors (Lipinski definition) is 4. The fraction of sp³-hybridized carbons (Fsp3) is 0.200. The van der Waals surface area contributed by atoms with Gasteiger partial charge in [-0.15, -0.1) is 0 Å². The molecule has 0 unspecified atom stereocenters. The normalized spacial score (nSPS) is 15.6. The SMILES string of the molecule is CC(C)c1ccc([C@H]2c3c(-c4ccccc4O)n[nH]c3C(=O)N2Cc2ccco2)cc1. The minimum absolute atomic E-state index is 0.127. The van der Waals surface area contributed by atoms with Gasteiger partial charge in [0.2, 0.25) is 0 Å². The van der Waals surface area contributed by atoms with E-state index in [4.69, 9.17) is 4.42 Å². The summed E-state index contributed by atoms with van der Waals surface area (Å²) < 4.78 is 5.53. The van der Waals surface area contributed by atoms with Crippen LogP contribution in [0.25, 0.3) is 11.3 Å². The monoisotopic (exact) mass is 413 g/mol. The van der Waals surface area contributed by atoms with Crippen LogP contribution in [0.15, 0.2) is 71.3 Å². The summed E-state index contributed by atoms with van der Waals surface area (Å²) in [7, 11) is 0. The largest absolute Gasteiger partial charge is 0.507 e. The molecule has 5 rings (SSSR count). The second-order valence-electron chi connectivity index (χ2n) is 8.11. The third-order valence-electron chi connectivity index (χ3n) is 5.85. The fourth-order valence-electron chi connectivity index (χ4n) is 4.22. The number of amides is 1. The summed E-state index contributed by atoms with van der Waals surface area (Å²) in [4.78, 5) is 15.1. The first kappa shape index (κ1) is 19.2. The van der Waals surface area contributed by atoms with Crippen LogP contribution >= 0.6 is 0 Å².